The van der Waals surface area contributed by atoms with Gasteiger partial charge < -0.3 is 10.2 Å². The van der Waals surface area contributed by atoms with Gasteiger partial charge in [-0.15, -0.1) is 0 Å². The molecule has 3 unspecified atom stereocenters. The topological polar surface area (TPSA) is 15.3 Å². The van der Waals surface area contributed by atoms with Crippen molar-refractivity contribution in [1.82, 2.24) is 10.2 Å². The van der Waals surface area contributed by atoms with Crippen molar-refractivity contribution in [1.29, 1.82) is 0 Å². The summed E-state index contributed by atoms with van der Waals surface area (Å²) in [6.45, 7) is 5.37. The van der Waals surface area contributed by atoms with Crippen LogP contribution in [0.3, 0.4) is 0 Å². The highest BCUT2D eigenvalue weighted by Crippen LogP contribution is 2.29. The Labute approximate surface area is 99.8 Å². The van der Waals surface area contributed by atoms with Gasteiger partial charge in [0.05, 0.1) is 0 Å². The lowest BCUT2D eigenvalue weighted by Crippen LogP contribution is -2.44. The molecule has 1 aliphatic carbocycles. The fourth-order valence-electron chi connectivity index (χ4n) is 3.99. The zero-order valence-electron chi connectivity index (χ0n) is 10.5. The number of fused-ring (bicyclic) bond motifs is 2. The maximum Gasteiger partial charge on any atom is 0.0120 e. The van der Waals surface area contributed by atoms with E-state index in [4.69, 9.17) is 0 Å². The Morgan fingerprint density at radius 1 is 1.00 bits per heavy atom. The molecule has 0 radical (unpaired) electrons. The minimum atomic E-state index is 0.847. The minimum Gasteiger partial charge on any atom is -0.314 e. The fourth-order valence-corrected chi connectivity index (χ4v) is 3.99. The molecule has 2 bridgehead atoms. The van der Waals surface area contributed by atoms with E-state index >= 15 is 0 Å². The first-order valence-electron chi connectivity index (χ1n) is 7.37. The highest BCUT2D eigenvalue weighted by molar-refractivity contribution is 4.90. The van der Waals surface area contributed by atoms with Gasteiger partial charge in [0.15, 0.2) is 0 Å². The molecule has 1 saturated carbocycles. The summed E-state index contributed by atoms with van der Waals surface area (Å²) in [7, 11) is 0. The van der Waals surface area contributed by atoms with E-state index in [0.717, 1.165) is 17.9 Å². The molecular formula is C14H26N2. The van der Waals surface area contributed by atoms with E-state index in [2.05, 4.69) is 10.2 Å². The van der Waals surface area contributed by atoms with Crippen molar-refractivity contribution in [3.8, 4) is 0 Å². The Balaban J connectivity index is 1.38. The van der Waals surface area contributed by atoms with Crippen molar-refractivity contribution >= 4 is 0 Å². The highest BCUT2D eigenvalue weighted by atomic mass is 15.2. The van der Waals surface area contributed by atoms with Crippen LogP contribution in [0, 0.1) is 11.8 Å². The van der Waals surface area contributed by atoms with Crippen LogP contribution in [0.5, 0.6) is 0 Å². The summed E-state index contributed by atoms with van der Waals surface area (Å²) in [5, 5.41) is 3.85. The Morgan fingerprint density at radius 3 is 2.69 bits per heavy atom. The highest BCUT2D eigenvalue weighted by Gasteiger charge is 2.33. The van der Waals surface area contributed by atoms with Gasteiger partial charge in [0.1, 0.15) is 0 Å². The standard InChI is InChI=1S/C14H26N2/c1-2-4-12(3-1)5-8-15-14-7-10-16-9-6-13(14)11-16/h12-15H,1-11H2. The smallest absolute Gasteiger partial charge is 0.0120 e. The first-order valence-corrected chi connectivity index (χ1v) is 7.37. The number of nitrogens with one attached hydrogen (secondary N) is 1. The molecule has 2 heterocycles. The van der Waals surface area contributed by atoms with Crippen molar-refractivity contribution in [2.45, 2.75) is 51.0 Å². The van der Waals surface area contributed by atoms with Gasteiger partial charge in [-0.2, -0.15) is 0 Å². The van der Waals surface area contributed by atoms with E-state index in [1.54, 1.807) is 0 Å². The van der Waals surface area contributed by atoms with E-state index in [1.807, 2.05) is 0 Å². The second-order valence-corrected chi connectivity index (χ2v) is 6.14. The number of nitrogens with zero attached hydrogens (tertiary/aromatic N) is 1. The third kappa shape index (κ3) is 2.43. The molecule has 3 atom stereocenters. The minimum absolute atomic E-state index is 0.847. The molecule has 2 nitrogen and oxygen atoms in total. The van der Waals surface area contributed by atoms with E-state index in [1.165, 1.54) is 71.1 Å². The van der Waals surface area contributed by atoms with Crippen LogP contribution >= 0.6 is 0 Å². The Bertz CT molecular complexity index is 223. The summed E-state index contributed by atoms with van der Waals surface area (Å²) in [6.07, 6.45) is 10.3. The van der Waals surface area contributed by atoms with Gasteiger partial charge in [-0.3, -0.25) is 0 Å². The molecule has 2 heteroatoms. The van der Waals surface area contributed by atoms with Crippen molar-refractivity contribution in [2.75, 3.05) is 26.2 Å². The van der Waals surface area contributed by atoms with Crippen molar-refractivity contribution in [3.63, 3.8) is 0 Å². The van der Waals surface area contributed by atoms with Crippen LogP contribution in [0.15, 0.2) is 0 Å². The number of hydrogen-bond acceptors (Lipinski definition) is 2. The molecule has 1 N–H and O–H groups in total. The van der Waals surface area contributed by atoms with E-state index in [9.17, 15) is 0 Å². The Morgan fingerprint density at radius 2 is 1.81 bits per heavy atom. The third-order valence-corrected chi connectivity index (χ3v) is 5.07. The molecule has 3 aliphatic rings. The Kier molecular flexibility index (Phi) is 3.49. The van der Waals surface area contributed by atoms with Crippen molar-refractivity contribution in [2.24, 2.45) is 11.8 Å². The second-order valence-electron chi connectivity index (χ2n) is 6.14. The SMILES string of the molecule is C1CCC(CCNC2CCN3CCC2C3)C1. The predicted molar refractivity (Wildman–Crippen MR) is 67.5 cm³/mol. The first kappa shape index (κ1) is 11.0. The summed E-state index contributed by atoms with van der Waals surface area (Å²) in [5.41, 5.74) is 0. The summed E-state index contributed by atoms with van der Waals surface area (Å²) in [6, 6.07) is 0.847. The molecule has 3 fully saturated rings. The van der Waals surface area contributed by atoms with Gasteiger partial charge >= 0.3 is 0 Å². The molecule has 92 valence electrons. The molecular weight excluding hydrogens is 196 g/mol. The summed E-state index contributed by atoms with van der Waals surface area (Å²) in [4.78, 5) is 2.64. The molecule has 0 spiro atoms. The van der Waals surface area contributed by atoms with Crippen LogP contribution in [0.25, 0.3) is 0 Å². The van der Waals surface area contributed by atoms with Crippen molar-refractivity contribution < 1.29 is 0 Å². The number of rotatable bonds is 4. The maximum absolute atomic E-state index is 3.85. The van der Waals surface area contributed by atoms with Gasteiger partial charge in [-0.1, -0.05) is 25.7 Å². The second kappa shape index (κ2) is 5.05. The van der Waals surface area contributed by atoms with E-state index < -0.39 is 0 Å². The molecule has 0 aromatic carbocycles. The molecule has 0 aromatic rings. The van der Waals surface area contributed by atoms with Gasteiger partial charge in [0.25, 0.3) is 0 Å². The van der Waals surface area contributed by atoms with Crippen LogP contribution in [-0.2, 0) is 0 Å². The maximum atomic E-state index is 3.85. The third-order valence-electron chi connectivity index (χ3n) is 5.07. The van der Waals surface area contributed by atoms with Gasteiger partial charge in [0.2, 0.25) is 0 Å². The zero-order chi connectivity index (χ0) is 10.8. The molecule has 0 aromatic heterocycles. The lowest BCUT2D eigenvalue weighted by molar-refractivity contribution is 0.219. The monoisotopic (exact) mass is 222 g/mol. The van der Waals surface area contributed by atoms with Crippen LogP contribution < -0.4 is 5.32 Å². The zero-order valence-corrected chi connectivity index (χ0v) is 10.5. The first-order chi connectivity index (χ1) is 7.92. The van der Waals surface area contributed by atoms with Gasteiger partial charge in [0, 0.05) is 12.6 Å². The van der Waals surface area contributed by atoms with Gasteiger partial charge in [-0.25, -0.2) is 0 Å². The van der Waals surface area contributed by atoms with Crippen LogP contribution in [-0.4, -0.2) is 37.1 Å². The summed E-state index contributed by atoms with van der Waals surface area (Å²) in [5.74, 6) is 2.02. The fraction of sp³-hybridized carbons (Fsp3) is 1.00. The summed E-state index contributed by atoms with van der Waals surface area (Å²) < 4.78 is 0. The van der Waals surface area contributed by atoms with Crippen LogP contribution in [0.4, 0.5) is 0 Å². The predicted octanol–water partition coefficient (Wildman–Crippen LogP) is 2.25. The number of piperidine rings is 1. The number of hydrogen-bond donors (Lipinski definition) is 1. The lowest BCUT2D eigenvalue weighted by Gasteiger charge is -2.31. The lowest BCUT2D eigenvalue weighted by atomic mass is 9.93. The van der Waals surface area contributed by atoms with Crippen LogP contribution in [0.2, 0.25) is 0 Å². The molecule has 0 amide bonds. The average Bonchev–Trinajstić information content (AvgIpc) is 2.92. The average molecular weight is 222 g/mol. The quantitative estimate of drug-likeness (QED) is 0.785. The molecule has 16 heavy (non-hydrogen) atoms. The van der Waals surface area contributed by atoms with E-state index in [-0.39, 0.29) is 0 Å². The molecule has 2 aliphatic heterocycles. The normalized spacial score (nSPS) is 39.4. The largest absolute Gasteiger partial charge is 0.314 e. The summed E-state index contributed by atoms with van der Waals surface area (Å²) >= 11 is 0. The van der Waals surface area contributed by atoms with Gasteiger partial charge in [-0.05, 0) is 50.7 Å². The van der Waals surface area contributed by atoms with Crippen LogP contribution in [0.1, 0.15) is 44.9 Å². The molecule has 2 saturated heterocycles. The van der Waals surface area contributed by atoms with E-state index in [0.29, 0.717) is 0 Å². The molecule has 3 rings (SSSR count). The Hall–Kier alpha value is -0.0800. The van der Waals surface area contributed by atoms with Crippen molar-refractivity contribution in [3.05, 3.63) is 0 Å².